The van der Waals surface area contributed by atoms with Crippen LogP contribution < -0.4 is 5.32 Å². The number of hydrogen-bond donors (Lipinski definition) is 1. The highest BCUT2D eigenvalue weighted by molar-refractivity contribution is 7.80. The number of nitrogens with one attached hydrogen (secondary N) is 1. The van der Waals surface area contributed by atoms with E-state index in [-0.39, 0.29) is 0 Å². The van der Waals surface area contributed by atoms with Crippen molar-refractivity contribution >= 4 is 23.0 Å². The molecule has 2 rings (SSSR count). The Kier molecular flexibility index (Phi) is 6.42. The normalized spacial score (nSPS) is 17.4. The van der Waals surface area contributed by atoms with E-state index < -0.39 is 0 Å². The van der Waals surface area contributed by atoms with Gasteiger partial charge in [0.1, 0.15) is 0 Å². The second kappa shape index (κ2) is 8.11. The topological polar surface area (TPSA) is 18.5 Å². The van der Waals surface area contributed by atoms with Gasteiger partial charge < -0.3 is 15.1 Å². The molecule has 1 aromatic rings. The Morgan fingerprint density at radius 3 is 2.39 bits per heavy atom. The van der Waals surface area contributed by atoms with Gasteiger partial charge in [0, 0.05) is 30.9 Å². The van der Waals surface area contributed by atoms with Gasteiger partial charge in [0.2, 0.25) is 0 Å². The fourth-order valence-electron chi connectivity index (χ4n) is 3.32. The predicted molar refractivity (Wildman–Crippen MR) is 104 cm³/mol. The van der Waals surface area contributed by atoms with Crippen LogP contribution in [0, 0.1) is 13.8 Å². The van der Waals surface area contributed by atoms with E-state index in [1.165, 1.54) is 30.4 Å². The average molecular weight is 334 g/mol. The minimum atomic E-state index is 0.659. The number of benzene rings is 1. The molecular formula is C19H31N3S. The Morgan fingerprint density at radius 1 is 1.30 bits per heavy atom. The molecule has 1 aliphatic rings. The van der Waals surface area contributed by atoms with Crippen molar-refractivity contribution in [3.8, 4) is 0 Å². The summed E-state index contributed by atoms with van der Waals surface area (Å²) in [5.41, 5.74) is 3.66. The molecular weight excluding hydrogens is 302 g/mol. The first-order valence-electron chi connectivity index (χ1n) is 8.78. The molecule has 23 heavy (non-hydrogen) atoms. The zero-order valence-corrected chi connectivity index (χ0v) is 16.0. The second-order valence-corrected chi connectivity index (χ2v) is 7.22. The summed E-state index contributed by atoms with van der Waals surface area (Å²) < 4.78 is 0. The lowest BCUT2D eigenvalue weighted by atomic mass is 10.0. The zero-order chi connectivity index (χ0) is 17.0. The highest BCUT2D eigenvalue weighted by Gasteiger charge is 2.25. The van der Waals surface area contributed by atoms with Crippen molar-refractivity contribution in [1.29, 1.82) is 0 Å². The third-order valence-corrected chi connectivity index (χ3v) is 5.69. The van der Waals surface area contributed by atoms with Crippen LogP contribution in [0.1, 0.15) is 44.2 Å². The number of aryl methyl sites for hydroxylation is 2. The van der Waals surface area contributed by atoms with Crippen LogP contribution in [-0.2, 0) is 0 Å². The van der Waals surface area contributed by atoms with E-state index in [4.69, 9.17) is 12.2 Å². The Bertz CT molecular complexity index is 515. The van der Waals surface area contributed by atoms with Crippen molar-refractivity contribution in [3.05, 3.63) is 29.3 Å². The second-order valence-electron chi connectivity index (χ2n) is 6.84. The summed E-state index contributed by atoms with van der Waals surface area (Å²) in [6.07, 6.45) is 3.59. The lowest BCUT2D eigenvalue weighted by Gasteiger charge is -2.40. The van der Waals surface area contributed by atoms with Gasteiger partial charge in [-0.25, -0.2) is 0 Å². The number of nitrogens with zero attached hydrogens (tertiary/aromatic N) is 2. The number of anilines is 1. The summed E-state index contributed by atoms with van der Waals surface area (Å²) >= 11 is 5.66. The lowest BCUT2D eigenvalue weighted by Crippen LogP contribution is -2.48. The monoisotopic (exact) mass is 333 g/mol. The van der Waals surface area contributed by atoms with Gasteiger partial charge in [0.15, 0.2) is 5.11 Å². The molecule has 0 radical (unpaired) electrons. The smallest absolute Gasteiger partial charge is 0.173 e. The van der Waals surface area contributed by atoms with Gasteiger partial charge in [0.25, 0.3) is 0 Å². The van der Waals surface area contributed by atoms with Crippen molar-refractivity contribution in [2.75, 3.05) is 25.5 Å². The Balaban J connectivity index is 1.91. The van der Waals surface area contributed by atoms with Crippen molar-refractivity contribution in [2.45, 2.75) is 59.0 Å². The number of thiocarbonyl (C=S) groups is 1. The zero-order valence-electron chi connectivity index (χ0n) is 15.2. The predicted octanol–water partition coefficient (Wildman–Crippen LogP) is 4.19. The molecule has 1 fully saturated rings. The Hall–Kier alpha value is -1.13. The van der Waals surface area contributed by atoms with E-state index in [2.05, 4.69) is 68.1 Å². The molecule has 1 atom stereocenters. The molecule has 1 N–H and O–H groups in total. The molecule has 128 valence electrons. The maximum atomic E-state index is 5.66. The largest absolute Gasteiger partial charge is 0.349 e. The summed E-state index contributed by atoms with van der Waals surface area (Å²) in [5.74, 6) is 0. The first-order valence-corrected chi connectivity index (χ1v) is 9.19. The van der Waals surface area contributed by atoms with Crippen LogP contribution in [0.25, 0.3) is 0 Å². The highest BCUT2D eigenvalue weighted by Crippen LogP contribution is 2.22. The minimum Gasteiger partial charge on any atom is -0.349 e. The van der Waals surface area contributed by atoms with Gasteiger partial charge in [-0.05, 0) is 70.4 Å². The van der Waals surface area contributed by atoms with Gasteiger partial charge >= 0.3 is 0 Å². The summed E-state index contributed by atoms with van der Waals surface area (Å²) in [5, 5.41) is 4.34. The molecule has 0 aromatic heterocycles. The number of piperidine rings is 1. The van der Waals surface area contributed by atoms with E-state index in [1.54, 1.807) is 0 Å². The summed E-state index contributed by atoms with van der Waals surface area (Å²) in [6, 6.07) is 7.70. The van der Waals surface area contributed by atoms with Crippen LogP contribution in [0.5, 0.6) is 0 Å². The van der Waals surface area contributed by atoms with Gasteiger partial charge in [-0.1, -0.05) is 25.1 Å². The molecule has 1 saturated heterocycles. The number of hydrogen-bond acceptors (Lipinski definition) is 2. The van der Waals surface area contributed by atoms with Crippen molar-refractivity contribution in [2.24, 2.45) is 0 Å². The average Bonchev–Trinajstić information content (AvgIpc) is 2.57. The molecule has 0 bridgehead atoms. The molecule has 1 aliphatic heterocycles. The number of para-hydroxylation sites is 1. The number of rotatable bonds is 4. The van der Waals surface area contributed by atoms with Crippen LogP contribution in [0.4, 0.5) is 5.69 Å². The number of likely N-dealkylation sites (tertiary alicyclic amines) is 1. The summed E-state index contributed by atoms with van der Waals surface area (Å²) in [4.78, 5) is 4.86. The van der Waals surface area contributed by atoms with Crippen LogP contribution in [0.15, 0.2) is 18.2 Å². The molecule has 3 nitrogen and oxygen atoms in total. The summed E-state index contributed by atoms with van der Waals surface area (Å²) in [6.45, 7) is 10.9. The van der Waals surface area contributed by atoms with Crippen LogP contribution in [0.2, 0.25) is 0 Å². The molecule has 0 spiro atoms. The van der Waals surface area contributed by atoms with Gasteiger partial charge in [-0.3, -0.25) is 0 Å². The van der Waals surface area contributed by atoms with Gasteiger partial charge in [-0.15, -0.1) is 0 Å². The van der Waals surface area contributed by atoms with Crippen molar-refractivity contribution in [3.63, 3.8) is 0 Å². The quantitative estimate of drug-likeness (QED) is 0.832. The van der Waals surface area contributed by atoms with Crippen LogP contribution >= 0.6 is 12.2 Å². The molecule has 4 heteroatoms. The van der Waals surface area contributed by atoms with Gasteiger partial charge in [-0.2, -0.15) is 0 Å². The van der Waals surface area contributed by atoms with E-state index >= 15 is 0 Å². The van der Waals surface area contributed by atoms with Crippen molar-refractivity contribution in [1.82, 2.24) is 9.80 Å². The molecule has 0 amide bonds. The Morgan fingerprint density at radius 2 is 1.87 bits per heavy atom. The van der Waals surface area contributed by atoms with Crippen molar-refractivity contribution < 1.29 is 0 Å². The van der Waals surface area contributed by atoms with Crippen LogP contribution in [0.3, 0.4) is 0 Å². The lowest BCUT2D eigenvalue weighted by molar-refractivity contribution is 0.126. The van der Waals surface area contributed by atoms with Gasteiger partial charge in [0.05, 0.1) is 0 Å². The SMILES string of the molecule is CC[C@H](C)N(C)C1CCN(C(=S)Nc2c(C)cccc2C)CC1. The molecule has 1 aromatic carbocycles. The first kappa shape index (κ1) is 18.2. The van der Waals surface area contributed by atoms with E-state index in [0.717, 1.165) is 23.9 Å². The fraction of sp³-hybridized carbons (Fsp3) is 0.632. The minimum absolute atomic E-state index is 0.659. The Labute approximate surface area is 147 Å². The third kappa shape index (κ3) is 4.45. The van der Waals surface area contributed by atoms with E-state index in [9.17, 15) is 0 Å². The maximum Gasteiger partial charge on any atom is 0.173 e. The molecule has 1 heterocycles. The molecule has 0 saturated carbocycles. The summed E-state index contributed by atoms with van der Waals surface area (Å²) in [7, 11) is 2.27. The fourth-order valence-corrected chi connectivity index (χ4v) is 3.61. The molecule has 0 aliphatic carbocycles. The van der Waals surface area contributed by atoms with E-state index in [1.807, 2.05) is 0 Å². The maximum absolute atomic E-state index is 5.66. The van der Waals surface area contributed by atoms with Crippen LogP contribution in [-0.4, -0.2) is 47.1 Å². The first-order chi connectivity index (χ1) is 10.9. The standard InChI is InChI=1S/C19H31N3S/c1-6-16(4)21(5)17-10-12-22(13-11-17)19(23)20-18-14(2)8-7-9-15(18)3/h7-9,16-17H,6,10-13H2,1-5H3,(H,20,23)/t16-/m0/s1. The van der Waals surface area contributed by atoms with E-state index in [0.29, 0.717) is 12.1 Å². The third-order valence-electron chi connectivity index (χ3n) is 5.33. The molecule has 0 unspecified atom stereocenters. The highest BCUT2D eigenvalue weighted by atomic mass is 32.1.